The Bertz CT molecular complexity index is 160. The molecule has 1 heterocycles. The molecule has 0 aromatic carbocycles. The number of nitrogens with zero attached hydrogens (tertiary/aromatic N) is 1. The van der Waals surface area contributed by atoms with Crippen molar-refractivity contribution in [3.8, 4) is 0 Å². The summed E-state index contributed by atoms with van der Waals surface area (Å²) in [5.41, 5.74) is 6.24. The molecule has 2 nitrogen and oxygen atoms in total. The summed E-state index contributed by atoms with van der Waals surface area (Å²) in [6, 6.07) is 0.692. The van der Waals surface area contributed by atoms with Gasteiger partial charge < -0.3 is 5.73 Å². The lowest BCUT2D eigenvalue weighted by Gasteiger charge is -2.48. The number of hydrogen-bond donors (Lipinski definition) is 1. The lowest BCUT2D eigenvalue weighted by atomic mass is 9.89. The van der Waals surface area contributed by atoms with Crippen LogP contribution in [0.25, 0.3) is 0 Å². The standard InChI is InChI=1S/C11H24N2S/c1-4-11(5-2,9-12)13-6-7-14-8-10(13)3/h10H,4-9,12H2,1-3H3. The lowest BCUT2D eigenvalue weighted by molar-refractivity contribution is 0.0594. The number of nitrogens with two attached hydrogens (primary N) is 1. The Morgan fingerprint density at radius 3 is 2.50 bits per heavy atom. The highest BCUT2D eigenvalue weighted by Gasteiger charge is 2.36. The van der Waals surface area contributed by atoms with Crippen LogP contribution in [0.1, 0.15) is 33.6 Å². The van der Waals surface area contributed by atoms with E-state index in [1.807, 2.05) is 0 Å². The number of rotatable bonds is 4. The Balaban J connectivity index is 2.74. The molecule has 0 amide bonds. The van der Waals surface area contributed by atoms with Gasteiger partial charge in [0.15, 0.2) is 0 Å². The van der Waals surface area contributed by atoms with E-state index in [2.05, 4.69) is 37.4 Å². The second-order valence-corrected chi connectivity index (χ2v) is 5.40. The highest BCUT2D eigenvalue weighted by atomic mass is 32.2. The van der Waals surface area contributed by atoms with Gasteiger partial charge in [0.1, 0.15) is 0 Å². The first-order valence-corrected chi connectivity index (χ1v) is 6.90. The first-order chi connectivity index (χ1) is 6.70. The Kier molecular flexibility index (Phi) is 4.74. The van der Waals surface area contributed by atoms with Crippen LogP contribution in [-0.2, 0) is 0 Å². The van der Waals surface area contributed by atoms with Crippen molar-refractivity contribution in [2.24, 2.45) is 5.73 Å². The van der Waals surface area contributed by atoms with Gasteiger partial charge in [-0.2, -0.15) is 11.8 Å². The molecule has 1 fully saturated rings. The SMILES string of the molecule is CCC(CC)(CN)N1CCSCC1C. The molecule has 0 aromatic heterocycles. The molecular formula is C11H24N2S. The van der Waals surface area contributed by atoms with Crippen molar-refractivity contribution in [3.63, 3.8) is 0 Å². The van der Waals surface area contributed by atoms with Crippen LogP contribution in [0.15, 0.2) is 0 Å². The molecule has 1 aliphatic heterocycles. The maximum atomic E-state index is 5.97. The highest BCUT2D eigenvalue weighted by Crippen LogP contribution is 2.29. The van der Waals surface area contributed by atoms with Crippen LogP contribution in [0.2, 0.25) is 0 Å². The van der Waals surface area contributed by atoms with E-state index in [0.29, 0.717) is 6.04 Å². The second-order valence-electron chi connectivity index (χ2n) is 4.25. The second kappa shape index (κ2) is 5.38. The molecule has 0 bridgehead atoms. The maximum Gasteiger partial charge on any atom is 0.0330 e. The first kappa shape index (κ1) is 12.3. The molecule has 1 aliphatic rings. The molecule has 1 saturated heterocycles. The van der Waals surface area contributed by atoms with Gasteiger partial charge in [0.05, 0.1) is 0 Å². The van der Waals surface area contributed by atoms with E-state index in [1.165, 1.54) is 30.9 Å². The molecule has 1 rings (SSSR count). The molecule has 0 aromatic rings. The van der Waals surface area contributed by atoms with Gasteiger partial charge in [-0.3, -0.25) is 4.90 Å². The van der Waals surface area contributed by atoms with Crippen molar-refractivity contribution >= 4 is 11.8 Å². The quantitative estimate of drug-likeness (QED) is 0.779. The zero-order valence-electron chi connectivity index (χ0n) is 9.75. The van der Waals surface area contributed by atoms with Gasteiger partial charge in [-0.1, -0.05) is 13.8 Å². The van der Waals surface area contributed by atoms with Crippen LogP contribution in [0.3, 0.4) is 0 Å². The number of hydrogen-bond acceptors (Lipinski definition) is 3. The van der Waals surface area contributed by atoms with E-state index < -0.39 is 0 Å². The van der Waals surface area contributed by atoms with E-state index in [-0.39, 0.29) is 5.54 Å². The summed E-state index contributed by atoms with van der Waals surface area (Å²) in [6.45, 7) is 8.89. The van der Waals surface area contributed by atoms with Gasteiger partial charge in [-0.25, -0.2) is 0 Å². The molecule has 14 heavy (non-hydrogen) atoms. The molecule has 2 N–H and O–H groups in total. The predicted octanol–water partition coefficient (Wildman–Crippen LogP) is 1.94. The van der Waals surface area contributed by atoms with Crippen LogP contribution in [-0.4, -0.2) is 41.1 Å². The van der Waals surface area contributed by atoms with Crippen molar-refractivity contribution in [2.75, 3.05) is 24.6 Å². The minimum Gasteiger partial charge on any atom is -0.329 e. The molecular weight excluding hydrogens is 192 g/mol. The smallest absolute Gasteiger partial charge is 0.0330 e. The zero-order chi connectivity index (χ0) is 10.6. The average molecular weight is 216 g/mol. The Hall–Kier alpha value is 0.270. The van der Waals surface area contributed by atoms with E-state index in [1.54, 1.807) is 0 Å². The average Bonchev–Trinajstić information content (AvgIpc) is 2.24. The molecule has 84 valence electrons. The molecule has 0 spiro atoms. The first-order valence-electron chi connectivity index (χ1n) is 5.74. The lowest BCUT2D eigenvalue weighted by Crippen LogP contribution is -2.59. The summed E-state index contributed by atoms with van der Waals surface area (Å²) in [4.78, 5) is 2.64. The third-order valence-electron chi connectivity index (χ3n) is 3.67. The fourth-order valence-electron chi connectivity index (χ4n) is 2.49. The Labute approximate surface area is 92.6 Å². The van der Waals surface area contributed by atoms with Crippen molar-refractivity contribution in [1.82, 2.24) is 4.90 Å². The highest BCUT2D eigenvalue weighted by molar-refractivity contribution is 7.99. The third-order valence-corrected chi connectivity index (χ3v) is 4.86. The van der Waals surface area contributed by atoms with Crippen LogP contribution in [0.5, 0.6) is 0 Å². The molecule has 0 radical (unpaired) electrons. The van der Waals surface area contributed by atoms with Crippen LogP contribution in [0.4, 0.5) is 0 Å². The summed E-state index contributed by atoms with van der Waals surface area (Å²) >= 11 is 2.07. The third kappa shape index (κ3) is 2.26. The molecule has 1 atom stereocenters. The molecule has 3 heteroatoms. The van der Waals surface area contributed by atoms with E-state index >= 15 is 0 Å². The molecule has 0 aliphatic carbocycles. The number of thioether (sulfide) groups is 1. The van der Waals surface area contributed by atoms with Gasteiger partial charge in [-0.15, -0.1) is 0 Å². The van der Waals surface area contributed by atoms with Crippen LogP contribution < -0.4 is 5.73 Å². The van der Waals surface area contributed by atoms with E-state index in [9.17, 15) is 0 Å². The summed E-state index contributed by atoms with van der Waals surface area (Å²) in [6.07, 6.45) is 2.35. The Morgan fingerprint density at radius 1 is 1.43 bits per heavy atom. The fraction of sp³-hybridized carbons (Fsp3) is 1.00. The van der Waals surface area contributed by atoms with Gasteiger partial charge in [0.25, 0.3) is 0 Å². The van der Waals surface area contributed by atoms with Crippen LogP contribution in [0, 0.1) is 0 Å². The predicted molar refractivity (Wildman–Crippen MR) is 65.9 cm³/mol. The van der Waals surface area contributed by atoms with Crippen molar-refractivity contribution in [1.29, 1.82) is 0 Å². The van der Waals surface area contributed by atoms with E-state index in [4.69, 9.17) is 5.73 Å². The maximum absolute atomic E-state index is 5.97. The van der Waals surface area contributed by atoms with Crippen LogP contribution >= 0.6 is 11.8 Å². The normalized spacial score (nSPS) is 25.3. The summed E-state index contributed by atoms with van der Waals surface area (Å²) in [5, 5.41) is 0. The minimum absolute atomic E-state index is 0.264. The van der Waals surface area contributed by atoms with Crippen molar-refractivity contribution in [3.05, 3.63) is 0 Å². The summed E-state index contributed by atoms with van der Waals surface area (Å²) in [5.74, 6) is 2.54. The molecule has 1 unspecified atom stereocenters. The largest absolute Gasteiger partial charge is 0.329 e. The summed E-state index contributed by atoms with van der Waals surface area (Å²) in [7, 11) is 0. The van der Waals surface area contributed by atoms with Gasteiger partial charge in [0.2, 0.25) is 0 Å². The Morgan fingerprint density at radius 2 is 2.07 bits per heavy atom. The topological polar surface area (TPSA) is 29.3 Å². The molecule has 0 saturated carbocycles. The van der Waals surface area contributed by atoms with E-state index in [0.717, 1.165) is 6.54 Å². The zero-order valence-corrected chi connectivity index (χ0v) is 10.6. The van der Waals surface area contributed by atoms with Crippen molar-refractivity contribution in [2.45, 2.75) is 45.2 Å². The van der Waals surface area contributed by atoms with Gasteiger partial charge in [-0.05, 0) is 19.8 Å². The monoisotopic (exact) mass is 216 g/mol. The van der Waals surface area contributed by atoms with Gasteiger partial charge >= 0.3 is 0 Å². The van der Waals surface area contributed by atoms with Gasteiger partial charge in [0, 0.05) is 36.2 Å². The summed E-state index contributed by atoms with van der Waals surface area (Å²) < 4.78 is 0. The van der Waals surface area contributed by atoms with Crippen molar-refractivity contribution < 1.29 is 0 Å². The fourth-order valence-corrected chi connectivity index (χ4v) is 3.51. The minimum atomic E-state index is 0.264.